The van der Waals surface area contributed by atoms with E-state index in [2.05, 4.69) is 20.9 Å². The number of pyridine rings is 1. The van der Waals surface area contributed by atoms with Gasteiger partial charge in [-0.3, -0.25) is 4.98 Å². The van der Waals surface area contributed by atoms with E-state index in [0.29, 0.717) is 0 Å². The molecule has 0 aliphatic carbocycles. The largest absolute Gasteiger partial charge is 0.491 e. The Morgan fingerprint density at radius 3 is 2.77 bits per heavy atom. The zero-order chi connectivity index (χ0) is 9.84. The molecule has 0 radical (unpaired) electrons. The first-order valence-electron chi connectivity index (χ1n) is 4.31. The van der Waals surface area contributed by atoms with Crippen molar-refractivity contribution in [2.24, 2.45) is 0 Å². The van der Waals surface area contributed by atoms with Crippen LogP contribution in [0.25, 0.3) is 0 Å². The molecule has 0 atom stereocenters. The Labute approximate surface area is 87.5 Å². The van der Waals surface area contributed by atoms with E-state index in [0.717, 1.165) is 22.3 Å². The highest BCUT2D eigenvalue weighted by Crippen LogP contribution is 2.19. The minimum Gasteiger partial charge on any atom is -0.491 e. The van der Waals surface area contributed by atoms with Crippen molar-refractivity contribution in [2.45, 2.75) is 32.2 Å². The molecule has 0 fully saturated rings. The summed E-state index contributed by atoms with van der Waals surface area (Å²) in [5.74, 6) is 0.930. The Morgan fingerprint density at radius 1 is 1.54 bits per heavy atom. The van der Waals surface area contributed by atoms with Crippen LogP contribution in [0.2, 0.25) is 0 Å². The molecule has 0 unspecified atom stereocenters. The fraction of sp³-hybridized carbons (Fsp3) is 0.500. The second-order valence-corrected chi connectivity index (χ2v) is 3.80. The summed E-state index contributed by atoms with van der Waals surface area (Å²) in [6.45, 7) is 6.05. The number of hydrogen-bond donors (Lipinski definition) is 0. The molecule has 1 aromatic heterocycles. The molecule has 1 rings (SSSR count). The third-order valence-electron chi connectivity index (χ3n) is 1.61. The van der Waals surface area contributed by atoms with E-state index in [1.165, 1.54) is 0 Å². The molecular weight excluding hydrogens is 230 g/mol. The first-order valence-corrected chi connectivity index (χ1v) is 5.43. The van der Waals surface area contributed by atoms with Gasteiger partial charge in [-0.2, -0.15) is 0 Å². The van der Waals surface area contributed by atoms with E-state index < -0.39 is 0 Å². The van der Waals surface area contributed by atoms with Crippen molar-refractivity contribution in [3.8, 4) is 5.75 Å². The molecule has 13 heavy (non-hydrogen) atoms. The van der Waals surface area contributed by atoms with Crippen LogP contribution in [0.15, 0.2) is 12.3 Å². The van der Waals surface area contributed by atoms with Crippen molar-refractivity contribution >= 4 is 15.9 Å². The van der Waals surface area contributed by atoms with Crippen LogP contribution in [-0.4, -0.2) is 11.1 Å². The van der Waals surface area contributed by atoms with E-state index >= 15 is 0 Å². The van der Waals surface area contributed by atoms with Gasteiger partial charge in [-0.05, 0) is 20.8 Å². The van der Waals surface area contributed by atoms with Gasteiger partial charge >= 0.3 is 0 Å². The molecule has 0 spiro atoms. The Balaban J connectivity index is 2.90. The van der Waals surface area contributed by atoms with Crippen molar-refractivity contribution in [1.29, 1.82) is 0 Å². The Kier molecular flexibility index (Phi) is 3.72. The number of alkyl halides is 1. The fourth-order valence-corrected chi connectivity index (χ4v) is 1.31. The predicted octanol–water partition coefficient (Wildman–Crippen LogP) is 3.07. The molecule has 0 amide bonds. The zero-order valence-electron chi connectivity index (χ0n) is 8.17. The van der Waals surface area contributed by atoms with Crippen LogP contribution < -0.4 is 4.74 Å². The van der Waals surface area contributed by atoms with E-state index in [-0.39, 0.29) is 6.10 Å². The Bertz CT molecular complexity index is 286. The van der Waals surface area contributed by atoms with Gasteiger partial charge in [0.15, 0.2) is 0 Å². The molecule has 0 aliphatic rings. The van der Waals surface area contributed by atoms with Gasteiger partial charge in [0.1, 0.15) is 5.75 Å². The van der Waals surface area contributed by atoms with Gasteiger partial charge in [-0.25, -0.2) is 0 Å². The molecule has 1 aromatic rings. The van der Waals surface area contributed by atoms with Crippen LogP contribution in [0.4, 0.5) is 0 Å². The summed E-state index contributed by atoms with van der Waals surface area (Å²) < 4.78 is 5.63. The van der Waals surface area contributed by atoms with Gasteiger partial charge in [-0.1, -0.05) is 15.9 Å². The van der Waals surface area contributed by atoms with E-state index in [9.17, 15) is 0 Å². The SMILES string of the molecule is Cc1cnc(CBr)cc1OC(C)C. The standard InChI is InChI=1S/C10H14BrNO/c1-7(2)13-10-4-9(5-11)12-6-8(10)3/h4,6-7H,5H2,1-3H3. The van der Waals surface area contributed by atoms with Crippen LogP contribution in [-0.2, 0) is 5.33 Å². The molecule has 0 aromatic carbocycles. The lowest BCUT2D eigenvalue weighted by atomic mass is 10.2. The van der Waals surface area contributed by atoms with Gasteiger partial charge in [0.25, 0.3) is 0 Å². The minimum absolute atomic E-state index is 0.212. The van der Waals surface area contributed by atoms with E-state index in [4.69, 9.17) is 4.74 Å². The summed E-state index contributed by atoms with van der Waals surface area (Å²) >= 11 is 3.36. The van der Waals surface area contributed by atoms with Gasteiger partial charge in [0, 0.05) is 23.2 Å². The van der Waals surface area contributed by atoms with Crippen molar-refractivity contribution < 1.29 is 4.74 Å². The molecule has 0 N–H and O–H groups in total. The first-order chi connectivity index (χ1) is 6.13. The first kappa shape index (κ1) is 10.5. The second kappa shape index (κ2) is 4.61. The van der Waals surface area contributed by atoms with E-state index in [1.54, 1.807) is 0 Å². The van der Waals surface area contributed by atoms with Crippen LogP contribution in [0, 0.1) is 6.92 Å². The quantitative estimate of drug-likeness (QED) is 0.762. The minimum atomic E-state index is 0.212. The average Bonchev–Trinajstić information content (AvgIpc) is 2.08. The fourth-order valence-electron chi connectivity index (χ4n) is 1.000. The van der Waals surface area contributed by atoms with Crippen LogP contribution >= 0.6 is 15.9 Å². The average molecular weight is 244 g/mol. The van der Waals surface area contributed by atoms with Crippen molar-refractivity contribution in [3.63, 3.8) is 0 Å². The number of halogens is 1. The number of aryl methyl sites for hydroxylation is 1. The lowest BCUT2D eigenvalue weighted by Gasteiger charge is -2.12. The maximum absolute atomic E-state index is 5.63. The number of rotatable bonds is 3. The van der Waals surface area contributed by atoms with Crippen molar-refractivity contribution in [1.82, 2.24) is 4.98 Å². The summed E-state index contributed by atoms with van der Waals surface area (Å²) in [5.41, 5.74) is 2.08. The zero-order valence-corrected chi connectivity index (χ0v) is 9.76. The lowest BCUT2D eigenvalue weighted by molar-refractivity contribution is 0.240. The smallest absolute Gasteiger partial charge is 0.125 e. The molecule has 2 nitrogen and oxygen atoms in total. The van der Waals surface area contributed by atoms with Gasteiger partial charge < -0.3 is 4.74 Å². The summed E-state index contributed by atoms with van der Waals surface area (Å²) in [6.07, 6.45) is 2.05. The van der Waals surface area contributed by atoms with E-state index in [1.807, 2.05) is 33.0 Å². The maximum atomic E-state index is 5.63. The Morgan fingerprint density at radius 2 is 2.23 bits per heavy atom. The number of hydrogen-bond acceptors (Lipinski definition) is 2. The molecule has 0 bridgehead atoms. The van der Waals surface area contributed by atoms with Crippen molar-refractivity contribution in [2.75, 3.05) is 0 Å². The summed E-state index contributed by atoms with van der Waals surface area (Å²) in [6, 6.07) is 1.98. The maximum Gasteiger partial charge on any atom is 0.125 e. The highest BCUT2D eigenvalue weighted by atomic mass is 79.9. The summed E-state index contributed by atoms with van der Waals surface area (Å²) in [7, 11) is 0. The highest BCUT2D eigenvalue weighted by molar-refractivity contribution is 9.08. The van der Waals surface area contributed by atoms with Crippen LogP contribution in [0.5, 0.6) is 5.75 Å². The highest BCUT2D eigenvalue weighted by Gasteiger charge is 2.03. The number of ether oxygens (including phenoxy) is 1. The molecule has 0 saturated carbocycles. The van der Waals surface area contributed by atoms with Crippen LogP contribution in [0.3, 0.4) is 0 Å². The number of aromatic nitrogens is 1. The van der Waals surface area contributed by atoms with Gasteiger partial charge in [-0.15, -0.1) is 0 Å². The number of nitrogens with zero attached hydrogens (tertiary/aromatic N) is 1. The van der Waals surface area contributed by atoms with Gasteiger partial charge in [0.2, 0.25) is 0 Å². The topological polar surface area (TPSA) is 22.1 Å². The normalized spacial score (nSPS) is 10.5. The molecule has 0 aliphatic heterocycles. The summed E-state index contributed by atoms with van der Waals surface area (Å²) in [4.78, 5) is 4.24. The third kappa shape index (κ3) is 2.99. The van der Waals surface area contributed by atoms with Crippen LogP contribution in [0.1, 0.15) is 25.1 Å². The molecule has 1 heterocycles. The second-order valence-electron chi connectivity index (χ2n) is 3.24. The molecular formula is C10H14BrNO. The molecule has 72 valence electrons. The Hall–Kier alpha value is -0.570. The molecule has 0 saturated heterocycles. The third-order valence-corrected chi connectivity index (χ3v) is 2.18. The molecule has 3 heteroatoms. The monoisotopic (exact) mass is 243 g/mol. The lowest BCUT2D eigenvalue weighted by Crippen LogP contribution is -2.07. The van der Waals surface area contributed by atoms with Crippen molar-refractivity contribution in [3.05, 3.63) is 23.5 Å². The predicted molar refractivity (Wildman–Crippen MR) is 57.4 cm³/mol. The summed E-state index contributed by atoms with van der Waals surface area (Å²) in [5, 5.41) is 0.766. The van der Waals surface area contributed by atoms with Gasteiger partial charge in [0.05, 0.1) is 11.8 Å².